The fourth-order valence-electron chi connectivity index (χ4n) is 1.81. The predicted molar refractivity (Wildman–Crippen MR) is 60.7 cm³/mol. The Morgan fingerprint density at radius 1 is 0.833 bits per heavy atom. The van der Waals surface area contributed by atoms with Crippen LogP contribution in [0.15, 0.2) is 0 Å². The first-order chi connectivity index (χ1) is 8.09. The number of unbranched alkanes of at least 4 members (excludes halogenated alkanes) is 7. The van der Waals surface area contributed by atoms with Crippen LogP contribution in [-0.2, 0) is 32.0 Å². The Kier molecular flexibility index (Phi) is 14.6. The second-order valence-corrected chi connectivity index (χ2v) is 4.45. The van der Waals surface area contributed by atoms with Gasteiger partial charge in [-0.05, 0) is 6.42 Å². The first kappa shape index (κ1) is 20.0. The standard InChI is InChI=1S/C13H24O4.Ag/c1-2-3-4-5-6-7-8-9-10-11(12(14)15)13(16)17;/h11H,2-10H2,1H3,(H,14,15)(H,16,17);/p-2. The van der Waals surface area contributed by atoms with E-state index in [9.17, 15) is 19.8 Å². The summed E-state index contributed by atoms with van der Waals surface area (Å²) in [7, 11) is 0. The van der Waals surface area contributed by atoms with Crippen molar-refractivity contribution in [2.45, 2.75) is 64.7 Å². The number of carboxylic acid groups (broad SMARTS) is 2. The maximum absolute atomic E-state index is 10.4. The summed E-state index contributed by atoms with van der Waals surface area (Å²) in [6.45, 7) is 2.17. The summed E-state index contributed by atoms with van der Waals surface area (Å²) in [5.74, 6) is -4.52. The summed E-state index contributed by atoms with van der Waals surface area (Å²) in [6.07, 6.45) is 8.73. The summed E-state index contributed by atoms with van der Waals surface area (Å²) < 4.78 is 0. The van der Waals surface area contributed by atoms with Crippen molar-refractivity contribution >= 4 is 11.9 Å². The van der Waals surface area contributed by atoms with E-state index in [1.807, 2.05) is 0 Å². The number of hydrogen-bond donors (Lipinski definition) is 0. The van der Waals surface area contributed by atoms with Gasteiger partial charge in [0, 0.05) is 28.3 Å². The molecule has 18 heavy (non-hydrogen) atoms. The SMILES string of the molecule is CCCCCCCCCCC(C(=O)[O-])C(=O)[O-].[Ag]. The summed E-state index contributed by atoms with van der Waals surface area (Å²) >= 11 is 0. The van der Waals surface area contributed by atoms with Crippen LogP contribution in [0, 0.1) is 5.92 Å². The Labute approximate surface area is 125 Å². The van der Waals surface area contributed by atoms with Crippen LogP contribution in [0.25, 0.3) is 0 Å². The molecule has 0 rings (SSSR count). The maximum Gasteiger partial charge on any atom is 0.0501 e. The zero-order valence-corrected chi connectivity index (χ0v) is 12.4. The van der Waals surface area contributed by atoms with Gasteiger partial charge in [-0.1, -0.05) is 58.3 Å². The molecule has 0 unspecified atom stereocenters. The zero-order chi connectivity index (χ0) is 13.1. The first-order valence-electron chi connectivity index (χ1n) is 6.51. The molecular weight excluding hydrogens is 328 g/mol. The third kappa shape index (κ3) is 10.8. The smallest absolute Gasteiger partial charge is 0.0501 e. The molecule has 0 aromatic rings. The van der Waals surface area contributed by atoms with Crippen LogP contribution < -0.4 is 10.2 Å². The molecule has 0 aliphatic carbocycles. The summed E-state index contributed by atoms with van der Waals surface area (Å²) in [4.78, 5) is 20.9. The third-order valence-corrected chi connectivity index (χ3v) is 2.92. The van der Waals surface area contributed by atoms with Gasteiger partial charge in [-0.15, -0.1) is 0 Å². The minimum atomic E-state index is -1.53. The van der Waals surface area contributed by atoms with E-state index < -0.39 is 17.9 Å². The Balaban J connectivity index is 0. The molecule has 0 saturated heterocycles. The van der Waals surface area contributed by atoms with Gasteiger partial charge < -0.3 is 19.8 Å². The molecule has 0 saturated carbocycles. The van der Waals surface area contributed by atoms with E-state index in [2.05, 4.69) is 6.92 Å². The van der Waals surface area contributed by atoms with Crippen LogP contribution in [0.2, 0.25) is 0 Å². The topological polar surface area (TPSA) is 80.3 Å². The van der Waals surface area contributed by atoms with Gasteiger partial charge in [0.25, 0.3) is 0 Å². The number of rotatable bonds is 11. The second kappa shape index (κ2) is 13.1. The van der Waals surface area contributed by atoms with Crippen molar-refractivity contribution in [3.63, 3.8) is 0 Å². The molecule has 0 aliphatic rings. The molecule has 4 nitrogen and oxygen atoms in total. The largest absolute Gasteiger partial charge is 0.549 e. The monoisotopic (exact) mass is 349 g/mol. The van der Waals surface area contributed by atoms with Crippen molar-refractivity contribution < 1.29 is 42.2 Å². The van der Waals surface area contributed by atoms with Crippen LogP contribution in [0.4, 0.5) is 0 Å². The van der Waals surface area contributed by atoms with E-state index in [0.29, 0.717) is 6.42 Å². The number of aliphatic carboxylic acids is 2. The van der Waals surface area contributed by atoms with E-state index in [1.165, 1.54) is 25.7 Å². The van der Waals surface area contributed by atoms with Gasteiger partial charge in [-0.2, -0.15) is 0 Å². The average Bonchev–Trinajstić information content (AvgIpc) is 2.26. The van der Waals surface area contributed by atoms with Crippen molar-refractivity contribution in [3.05, 3.63) is 0 Å². The van der Waals surface area contributed by atoms with Crippen molar-refractivity contribution in [1.82, 2.24) is 0 Å². The molecule has 0 fully saturated rings. The van der Waals surface area contributed by atoms with E-state index in [1.54, 1.807) is 0 Å². The predicted octanol–water partition coefficient (Wildman–Crippen LogP) is 0.631. The summed E-state index contributed by atoms with van der Waals surface area (Å²) in [5, 5.41) is 20.9. The van der Waals surface area contributed by atoms with E-state index in [0.717, 1.165) is 19.3 Å². The Morgan fingerprint density at radius 3 is 1.61 bits per heavy atom. The first-order valence-corrected chi connectivity index (χ1v) is 6.51. The molecular formula is C13H22AgO4-2. The van der Waals surface area contributed by atoms with Crippen LogP contribution in [-0.4, -0.2) is 11.9 Å². The molecule has 0 atom stereocenters. The second-order valence-electron chi connectivity index (χ2n) is 4.45. The summed E-state index contributed by atoms with van der Waals surface area (Å²) in [5.41, 5.74) is 0. The van der Waals surface area contributed by atoms with Crippen LogP contribution in [0.5, 0.6) is 0 Å². The van der Waals surface area contributed by atoms with Gasteiger partial charge in [0.05, 0.1) is 11.9 Å². The van der Waals surface area contributed by atoms with Gasteiger partial charge in [-0.25, -0.2) is 0 Å². The van der Waals surface area contributed by atoms with Crippen LogP contribution in [0.3, 0.4) is 0 Å². The normalized spacial score (nSPS) is 10.1. The Hall–Kier alpha value is -0.320. The fourth-order valence-corrected chi connectivity index (χ4v) is 1.81. The van der Waals surface area contributed by atoms with Crippen LogP contribution >= 0.6 is 0 Å². The fraction of sp³-hybridized carbons (Fsp3) is 0.846. The van der Waals surface area contributed by atoms with Gasteiger partial charge in [-0.3, -0.25) is 0 Å². The van der Waals surface area contributed by atoms with Crippen molar-refractivity contribution in [1.29, 1.82) is 0 Å². The minimum Gasteiger partial charge on any atom is -0.549 e. The molecule has 0 spiro atoms. The Bertz CT molecular complexity index is 217. The molecule has 0 bridgehead atoms. The molecule has 0 N–H and O–H groups in total. The molecule has 0 aromatic heterocycles. The molecule has 111 valence electrons. The van der Waals surface area contributed by atoms with E-state index >= 15 is 0 Å². The molecule has 0 heterocycles. The minimum absolute atomic E-state index is 0. The van der Waals surface area contributed by atoms with Crippen molar-refractivity contribution in [2.75, 3.05) is 0 Å². The van der Waals surface area contributed by atoms with E-state index in [-0.39, 0.29) is 28.8 Å². The third-order valence-electron chi connectivity index (χ3n) is 2.92. The molecule has 5 heteroatoms. The maximum atomic E-state index is 10.4. The van der Waals surface area contributed by atoms with Gasteiger partial charge >= 0.3 is 0 Å². The van der Waals surface area contributed by atoms with Crippen molar-refractivity contribution in [2.24, 2.45) is 5.92 Å². The van der Waals surface area contributed by atoms with Crippen molar-refractivity contribution in [3.8, 4) is 0 Å². The molecule has 0 aromatic carbocycles. The van der Waals surface area contributed by atoms with Crippen LogP contribution in [0.1, 0.15) is 64.7 Å². The summed E-state index contributed by atoms with van der Waals surface area (Å²) in [6, 6.07) is 0. The zero-order valence-electron chi connectivity index (χ0n) is 10.9. The average molecular weight is 350 g/mol. The quantitative estimate of drug-likeness (QED) is 0.311. The van der Waals surface area contributed by atoms with E-state index in [4.69, 9.17) is 0 Å². The number of hydrogen-bond acceptors (Lipinski definition) is 4. The van der Waals surface area contributed by atoms with Gasteiger partial charge in [0.2, 0.25) is 0 Å². The Morgan fingerprint density at radius 2 is 1.22 bits per heavy atom. The molecule has 1 radical (unpaired) electrons. The van der Waals surface area contributed by atoms with Gasteiger partial charge in [0.15, 0.2) is 0 Å². The number of carbonyl (C=O) groups excluding carboxylic acids is 2. The molecule has 0 amide bonds. The number of carboxylic acids is 2. The van der Waals surface area contributed by atoms with Gasteiger partial charge in [0.1, 0.15) is 0 Å². The number of carbonyl (C=O) groups is 2. The molecule has 0 aliphatic heterocycles.